The molecule has 0 radical (unpaired) electrons. The molecular weight excluding hydrogens is 364 g/mol. The summed E-state index contributed by atoms with van der Waals surface area (Å²) in [5.74, 6) is -0.629. The minimum absolute atomic E-state index is 0.296. The van der Waals surface area contributed by atoms with Gasteiger partial charge < -0.3 is 15.5 Å². The van der Waals surface area contributed by atoms with Gasteiger partial charge in [-0.05, 0) is 66.7 Å². The first-order valence-corrected chi connectivity index (χ1v) is 8.96. The van der Waals surface area contributed by atoms with Gasteiger partial charge in [0.05, 0.1) is 11.6 Å². The topological polar surface area (TPSA) is 85.2 Å². The number of anilines is 3. The van der Waals surface area contributed by atoms with Crippen LogP contribution in [0.4, 0.5) is 17.1 Å². The van der Waals surface area contributed by atoms with Gasteiger partial charge in [-0.15, -0.1) is 0 Å². The lowest BCUT2D eigenvalue weighted by atomic mass is 10.1. The average Bonchev–Trinajstić information content (AvgIpc) is 2.74. The summed E-state index contributed by atoms with van der Waals surface area (Å²) >= 11 is 0. The number of benzene rings is 3. The van der Waals surface area contributed by atoms with Crippen molar-refractivity contribution in [1.29, 1.82) is 5.26 Å². The van der Waals surface area contributed by atoms with Gasteiger partial charge in [-0.1, -0.05) is 6.07 Å². The molecule has 0 atom stereocenters. The summed E-state index contributed by atoms with van der Waals surface area (Å²) in [4.78, 5) is 27.0. The molecule has 29 heavy (non-hydrogen) atoms. The standard InChI is InChI=1S/C23H20N4O2/c1-27(2)21-12-10-20(11-13-21)26-23(29)18-5-3-4-17(14-18)22(28)25-19-8-6-16(15-24)7-9-19/h3-14H,1-2H3,(H,25,28)(H,26,29). The summed E-state index contributed by atoms with van der Waals surface area (Å²) in [6.45, 7) is 0. The molecule has 2 amide bonds. The van der Waals surface area contributed by atoms with Crippen molar-refractivity contribution in [3.63, 3.8) is 0 Å². The molecule has 3 aromatic rings. The Hall–Kier alpha value is -4.11. The molecule has 0 aliphatic heterocycles. The Labute approximate surface area is 169 Å². The maximum atomic E-state index is 12.6. The molecule has 6 heteroatoms. The second-order valence-corrected chi connectivity index (χ2v) is 6.62. The van der Waals surface area contributed by atoms with E-state index in [2.05, 4.69) is 10.6 Å². The molecule has 0 unspecified atom stereocenters. The van der Waals surface area contributed by atoms with Crippen LogP contribution in [0.3, 0.4) is 0 Å². The molecule has 6 nitrogen and oxygen atoms in total. The summed E-state index contributed by atoms with van der Waals surface area (Å²) in [6.07, 6.45) is 0. The first-order valence-electron chi connectivity index (χ1n) is 8.96. The predicted molar refractivity (Wildman–Crippen MR) is 114 cm³/mol. The fourth-order valence-corrected chi connectivity index (χ4v) is 2.68. The van der Waals surface area contributed by atoms with E-state index < -0.39 is 0 Å². The van der Waals surface area contributed by atoms with Gasteiger partial charge in [-0.25, -0.2) is 0 Å². The molecular formula is C23H20N4O2. The van der Waals surface area contributed by atoms with Crippen molar-refractivity contribution in [2.75, 3.05) is 29.6 Å². The molecule has 0 bridgehead atoms. The van der Waals surface area contributed by atoms with E-state index in [-0.39, 0.29) is 11.8 Å². The van der Waals surface area contributed by atoms with Crippen LogP contribution < -0.4 is 15.5 Å². The Morgan fingerprint density at radius 2 is 1.28 bits per heavy atom. The predicted octanol–water partition coefficient (Wildman–Crippen LogP) is 4.13. The van der Waals surface area contributed by atoms with Gasteiger partial charge in [0, 0.05) is 42.3 Å². The van der Waals surface area contributed by atoms with Crippen LogP contribution in [0, 0.1) is 11.3 Å². The molecule has 3 aromatic carbocycles. The van der Waals surface area contributed by atoms with E-state index in [1.54, 1.807) is 48.5 Å². The third-order valence-corrected chi connectivity index (χ3v) is 4.30. The van der Waals surface area contributed by atoms with Crippen LogP contribution >= 0.6 is 0 Å². The monoisotopic (exact) mass is 384 g/mol. The second-order valence-electron chi connectivity index (χ2n) is 6.62. The number of carbonyl (C=O) groups excluding carboxylic acids is 2. The van der Waals surface area contributed by atoms with Gasteiger partial charge >= 0.3 is 0 Å². The molecule has 144 valence electrons. The average molecular weight is 384 g/mol. The number of carbonyl (C=O) groups is 2. The molecule has 0 heterocycles. The molecule has 3 rings (SSSR count). The van der Waals surface area contributed by atoms with Crippen LogP contribution in [0.25, 0.3) is 0 Å². The molecule has 0 aliphatic carbocycles. The lowest BCUT2D eigenvalue weighted by Gasteiger charge is -2.13. The van der Waals surface area contributed by atoms with Crippen molar-refractivity contribution in [1.82, 2.24) is 0 Å². The van der Waals surface area contributed by atoms with Crippen molar-refractivity contribution in [2.45, 2.75) is 0 Å². The molecule has 0 spiro atoms. The number of nitrogens with one attached hydrogen (secondary N) is 2. The van der Waals surface area contributed by atoms with Crippen molar-refractivity contribution >= 4 is 28.9 Å². The number of nitrogens with zero attached hydrogens (tertiary/aromatic N) is 2. The zero-order chi connectivity index (χ0) is 20.8. The van der Waals surface area contributed by atoms with Crippen LogP contribution in [-0.4, -0.2) is 25.9 Å². The number of rotatable bonds is 5. The van der Waals surface area contributed by atoms with Crippen molar-refractivity contribution in [3.8, 4) is 6.07 Å². The summed E-state index contributed by atoms with van der Waals surface area (Å²) in [5.41, 5.74) is 3.54. The van der Waals surface area contributed by atoms with Gasteiger partial charge in [0.15, 0.2) is 0 Å². The van der Waals surface area contributed by atoms with E-state index in [0.717, 1.165) is 5.69 Å². The first-order chi connectivity index (χ1) is 14.0. The molecule has 0 saturated heterocycles. The minimum Gasteiger partial charge on any atom is -0.378 e. The van der Waals surface area contributed by atoms with Gasteiger partial charge in [-0.2, -0.15) is 5.26 Å². The van der Waals surface area contributed by atoms with Gasteiger partial charge in [0.1, 0.15) is 0 Å². The summed E-state index contributed by atoms with van der Waals surface area (Å²) < 4.78 is 0. The highest BCUT2D eigenvalue weighted by atomic mass is 16.2. The Balaban J connectivity index is 1.69. The zero-order valence-electron chi connectivity index (χ0n) is 16.1. The third kappa shape index (κ3) is 4.99. The summed E-state index contributed by atoms with van der Waals surface area (Å²) in [5, 5.41) is 14.4. The number of hydrogen-bond donors (Lipinski definition) is 2. The van der Waals surface area contributed by atoms with Crippen LogP contribution in [0.15, 0.2) is 72.8 Å². The van der Waals surface area contributed by atoms with Gasteiger partial charge in [0.25, 0.3) is 11.8 Å². The molecule has 0 saturated carbocycles. The fraction of sp³-hybridized carbons (Fsp3) is 0.0870. The normalized spacial score (nSPS) is 9.97. The smallest absolute Gasteiger partial charge is 0.255 e. The minimum atomic E-state index is -0.334. The Morgan fingerprint density at radius 3 is 1.72 bits per heavy atom. The lowest BCUT2D eigenvalue weighted by molar-refractivity contribution is 0.102. The van der Waals surface area contributed by atoms with E-state index in [9.17, 15) is 9.59 Å². The molecule has 0 aromatic heterocycles. The first kappa shape index (κ1) is 19.6. The Morgan fingerprint density at radius 1 is 0.793 bits per heavy atom. The largest absolute Gasteiger partial charge is 0.378 e. The van der Waals surface area contributed by atoms with E-state index in [1.165, 1.54) is 0 Å². The Bertz CT molecular complexity index is 1070. The van der Waals surface area contributed by atoms with E-state index in [4.69, 9.17) is 5.26 Å². The lowest BCUT2D eigenvalue weighted by Crippen LogP contribution is -2.15. The highest BCUT2D eigenvalue weighted by Gasteiger charge is 2.11. The van der Waals surface area contributed by atoms with Crippen molar-refractivity contribution in [3.05, 3.63) is 89.5 Å². The van der Waals surface area contributed by atoms with E-state index in [0.29, 0.717) is 28.1 Å². The van der Waals surface area contributed by atoms with Crippen molar-refractivity contribution in [2.24, 2.45) is 0 Å². The SMILES string of the molecule is CN(C)c1ccc(NC(=O)c2cccc(C(=O)Nc3ccc(C#N)cc3)c2)cc1. The summed E-state index contributed by atoms with van der Waals surface area (Å²) in [6, 6.07) is 22.6. The fourth-order valence-electron chi connectivity index (χ4n) is 2.68. The van der Waals surface area contributed by atoms with Crippen LogP contribution in [0.2, 0.25) is 0 Å². The van der Waals surface area contributed by atoms with E-state index in [1.807, 2.05) is 49.3 Å². The quantitative estimate of drug-likeness (QED) is 0.693. The Kier molecular flexibility index (Phi) is 5.91. The molecule has 2 N–H and O–H groups in total. The van der Waals surface area contributed by atoms with Gasteiger partial charge in [0.2, 0.25) is 0 Å². The van der Waals surface area contributed by atoms with Crippen LogP contribution in [0.5, 0.6) is 0 Å². The molecule has 0 aliphatic rings. The number of hydrogen-bond acceptors (Lipinski definition) is 4. The van der Waals surface area contributed by atoms with Crippen LogP contribution in [0.1, 0.15) is 26.3 Å². The second kappa shape index (κ2) is 8.72. The van der Waals surface area contributed by atoms with Crippen molar-refractivity contribution < 1.29 is 9.59 Å². The highest BCUT2D eigenvalue weighted by Crippen LogP contribution is 2.17. The number of nitriles is 1. The number of amides is 2. The third-order valence-electron chi connectivity index (χ3n) is 4.30. The maximum Gasteiger partial charge on any atom is 0.255 e. The summed E-state index contributed by atoms with van der Waals surface area (Å²) in [7, 11) is 3.89. The van der Waals surface area contributed by atoms with E-state index >= 15 is 0 Å². The highest BCUT2D eigenvalue weighted by molar-refractivity contribution is 6.08. The maximum absolute atomic E-state index is 12.6. The van der Waals surface area contributed by atoms with Crippen LogP contribution in [-0.2, 0) is 0 Å². The molecule has 0 fully saturated rings. The van der Waals surface area contributed by atoms with Gasteiger partial charge in [-0.3, -0.25) is 9.59 Å². The zero-order valence-corrected chi connectivity index (χ0v) is 16.1.